The molecule has 0 aliphatic heterocycles. The molecule has 1 atom stereocenters. The summed E-state index contributed by atoms with van der Waals surface area (Å²) in [4.78, 5) is 12.4. The number of anilines is 1. The van der Waals surface area contributed by atoms with Gasteiger partial charge < -0.3 is 14.8 Å². The molecule has 3 aromatic rings. The van der Waals surface area contributed by atoms with Crippen LogP contribution in [0, 0.1) is 0 Å². The minimum Gasteiger partial charge on any atom is -0.493 e. The topological polar surface area (TPSA) is 73.3 Å². The molecule has 1 N–H and O–H groups in total. The zero-order valence-corrected chi connectivity index (χ0v) is 13.5. The van der Waals surface area contributed by atoms with Crippen molar-refractivity contribution >= 4 is 34.4 Å². The van der Waals surface area contributed by atoms with Crippen molar-refractivity contribution < 1.29 is 14.3 Å². The Balaban J connectivity index is 1.74. The van der Waals surface area contributed by atoms with E-state index < -0.39 is 6.10 Å². The first kappa shape index (κ1) is 15.2. The standard InChI is InChI=1S/C16H15N3O3S/c1-10(22-14-9-4-3-8-13(14)21-2)16(20)17-11-6-5-7-12-15(11)19-23-18-12/h3-10H,1-2H3,(H,17,20)/t10-/m0/s1. The average molecular weight is 329 g/mol. The van der Waals surface area contributed by atoms with Crippen LogP contribution in [0.4, 0.5) is 5.69 Å². The molecule has 3 rings (SSSR count). The molecule has 1 amide bonds. The van der Waals surface area contributed by atoms with Gasteiger partial charge in [0.25, 0.3) is 5.91 Å². The van der Waals surface area contributed by atoms with Crippen molar-refractivity contribution in [3.05, 3.63) is 42.5 Å². The number of aromatic nitrogens is 2. The first-order valence-corrected chi connectivity index (χ1v) is 7.74. The molecule has 0 spiro atoms. The Morgan fingerprint density at radius 1 is 1.13 bits per heavy atom. The molecule has 0 unspecified atom stereocenters. The van der Waals surface area contributed by atoms with Gasteiger partial charge in [0.1, 0.15) is 11.0 Å². The number of nitrogens with zero attached hydrogens (tertiary/aromatic N) is 2. The van der Waals surface area contributed by atoms with Crippen molar-refractivity contribution in [3.63, 3.8) is 0 Å². The van der Waals surface area contributed by atoms with E-state index in [0.717, 1.165) is 17.2 Å². The SMILES string of the molecule is COc1ccccc1O[C@@H](C)C(=O)Nc1cccc2nsnc12. The summed E-state index contributed by atoms with van der Waals surface area (Å²) >= 11 is 1.11. The van der Waals surface area contributed by atoms with E-state index in [2.05, 4.69) is 14.1 Å². The van der Waals surface area contributed by atoms with E-state index in [0.29, 0.717) is 22.7 Å². The first-order valence-electron chi connectivity index (χ1n) is 7.01. The second-order valence-corrected chi connectivity index (χ2v) is 5.37. The smallest absolute Gasteiger partial charge is 0.265 e. The Morgan fingerprint density at radius 2 is 1.91 bits per heavy atom. The van der Waals surface area contributed by atoms with Crippen LogP contribution >= 0.6 is 11.7 Å². The fourth-order valence-corrected chi connectivity index (χ4v) is 2.65. The van der Waals surface area contributed by atoms with E-state index in [1.807, 2.05) is 24.3 Å². The van der Waals surface area contributed by atoms with Gasteiger partial charge in [-0.3, -0.25) is 4.79 Å². The van der Waals surface area contributed by atoms with Crippen LogP contribution in [0.1, 0.15) is 6.92 Å². The van der Waals surface area contributed by atoms with Crippen LogP contribution in [0.3, 0.4) is 0 Å². The second-order valence-electron chi connectivity index (χ2n) is 4.84. The highest BCUT2D eigenvalue weighted by molar-refractivity contribution is 7.00. The van der Waals surface area contributed by atoms with Crippen LogP contribution < -0.4 is 14.8 Å². The van der Waals surface area contributed by atoms with Crippen LogP contribution in [-0.4, -0.2) is 27.9 Å². The predicted octanol–water partition coefficient (Wildman–Crippen LogP) is 3.11. The molecule has 1 aromatic heterocycles. The zero-order valence-electron chi connectivity index (χ0n) is 12.6. The van der Waals surface area contributed by atoms with Gasteiger partial charge in [-0.05, 0) is 31.2 Å². The lowest BCUT2D eigenvalue weighted by atomic mass is 10.2. The monoisotopic (exact) mass is 329 g/mol. The Kier molecular flexibility index (Phi) is 4.38. The van der Waals surface area contributed by atoms with Gasteiger partial charge in [-0.1, -0.05) is 18.2 Å². The normalized spacial score (nSPS) is 11.9. The lowest BCUT2D eigenvalue weighted by Crippen LogP contribution is -2.30. The molecule has 118 valence electrons. The van der Waals surface area contributed by atoms with Crippen LogP contribution in [0.2, 0.25) is 0 Å². The number of nitrogens with one attached hydrogen (secondary N) is 1. The van der Waals surface area contributed by atoms with Crippen molar-refractivity contribution in [1.82, 2.24) is 8.75 Å². The van der Waals surface area contributed by atoms with Crippen molar-refractivity contribution in [2.75, 3.05) is 12.4 Å². The molecule has 2 aromatic carbocycles. The average Bonchev–Trinajstić information content (AvgIpc) is 3.05. The van der Waals surface area contributed by atoms with Crippen LogP contribution in [-0.2, 0) is 4.79 Å². The number of rotatable bonds is 5. The highest BCUT2D eigenvalue weighted by Gasteiger charge is 2.18. The van der Waals surface area contributed by atoms with Gasteiger partial charge >= 0.3 is 0 Å². The third kappa shape index (κ3) is 3.24. The Hall–Kier alpha value is -2.67. The number of carbonyl (C=O) groups excluding carboxylic acids is 1. The number of carbonyl (C=O) groups is 1. The highest BCUT2D eigenvalue weighted by atomic mass is 32.1. The Bertz CT molecular complexity index is 834. The van der Waals surface area contributed by atoms with Gasteiger partial charge in [0, 0.05) is 0 Å². The summed E-state index contributed by atoms with van der Waals surface area (Å²) in [6.07, 6.45) is -0.687. The van der Waals surface area contributed by atoms with Crippen molar-refractivity contribution in [3.8, 4) is 11.5 Å². The van der Waals surface area contributed by atoms with E-state index >= 15 is 0 Å². The summed E-state index contributed by atoms with van der Waals surface area (Å²) < 4.78 is 19.3. The fraction of sp³-hybridized carbons (Fsp3) is 0.188. The van der Waals surface area contributed by atoms with E-state index in [1.165, 1.54) is 0 Å². The van der Waals surface area contributed by atoms with Crippen LogP contribution in [0.15, 0.2) is 42.5 Å². The summed E-state index contributed by atoms with van der Waals surface area (Å²) in [5.74, 6) is 0.834. The minimum absolute atomic E-state index is 0.267. The number of hydrogen-bond acceptors (Lipinski definition) is 6. The highest BCUT2D eigenvalue weighted by Crippen LogP contribution is 2.27. The molecule has 0 bridgehead atoms. The molecular formula is C16H15N3O3S. The van der Waals surface area contributed by atoms with Gasteiger partial charge in [-0.2, -0.15) is 8.75 Å². The number of para-hydroxylation sites is 2. The number of methoxy groups -OCH3 is 1. The third-order valence-corrected chi connectivity index (χ3v) is 3.83. The zero-order chi connectivity index (χ0) is 16.2. The lowest BCUT2D eigenvalue weighted by Gasteiger charge is -2.16. The molecule has 0 fully saturated rings. The van der Waals surface area contributed by atoms with Gasteiger partial charge in [-0.25, -0.2) is 0 Å². The maximum Gasteiger partial charge on any atom is 0.265 e. The van der Waals surface area contributed by atoms with Crippen molar-refractivity contribution in [2.45, 2.75) is 13.0 Å². The molecule has 0 radical (unpaired) electrons. The molecule has 0 saturated heterocycles. The van der Waals surface area contributed by atoms with E-state index in [4.69, 9.17) is 9.47 Å². The summed E-state index contributed by atoms with van der Waals surface area (Å²) in [6, 6.07) is 12.7. The molecular weight excluding hydrogens is 314 g/mol. The Labute approximate surface area is 137 Å². The predicted molar refractivity (Wildman–Crippen MR) is 89.1 cm³/mol. The van der Waals surface area contributed by atoms with Gasteiger partial charge in [0.15, 0.2) is 17.6 Å². The fourth-order valence-electron chi connectivity index (χ4n) is 2.10. The maximum absolute atomic E-state index is 12.4. The molecule has 0 aliphatic rings. The van der Waals surface area contributed by atoms with Crippen molar-refractivity contribution in [1.29, 1.82) is 0 Å². The van der Waals surface area contributed by atoms with Gasteiger partial charge in [0.05, 0.1) is 24.5 Å². The van der Waals surface area contributed by atoms with Crippen molar-refractivity contribution in [2.24, 2.45) is 0 Å². The summed E-state index contributed by atoms with van der Waals surface area (Å²) in [5.41, 5.74) is 2.05. The molecule has 23 heavy (non-hydrogen) atoms. The first-order chi connectivity index (χ1) is 11.2. The molecule has 0 aliphatic carbocycles. The number of amides is 1. The number of hydrogen-bond donors (Lipinski definition) is 1. The Morgan fingerprint density at radius 3 is 2.70 bits per heavy atom. The quantitative estimate of drug-likeness (QED) is 0.778. The maximum atomic E-state index is 12.4. The number of ether oxygens (including phenoxy) is 2. The summed E-state index contributed by atoms with van der Waals surface area (Å²) in [5, 5.41) is 2.83. The molecule has 7 heteroatoms. The van der Waals surface area contributed by atoms with Crippen LogP contribution in [0.25, 0.3) is 11.0 Å². The second kappa shape index (κ2) is 6.62. The molecule has 6 nitrogen and oxygen atoms in total. The number of fused-ring (bicyclic) bond motifs is 1. The van der Waals surface area contributed by atoms with E-state index in [-0.39, 0.29) is 5.91 Å². The third-order valence-electron chi connectivity index (χ3n) is 3.29. The number of benzene rings is 2. The molecule has 1 heterocycles. The summed E-state index contributed by atoms with van der Waals surface area (Å²) in [6.45, 7) is 1.68. The van der Waals surface area contributed by atoms with E-state index in [9.17, 15) is 4.79 Å². The van der Waals surface area contributed by atoms with Gasteiger partial charge in [-0.15, -0.1) is 0 Å². The largest absolute Gasteiger partial charge is 0.493 e. The van der Waals surface area contributed by atoms with E-state index in [1.54, 1.807) is 32.2 Å². The molecule has 0 saturated carbocycles. The minimum atomic E-state index is -0.687. The van der Waals surface area contributed by atoms with Gasteiger partial charge in [0.2, 0.25) is 0 Å². The lowest BCUT2D eigenvalue weighted by molar-refractivity contribution is -0.122. The summed E-state index contributed by atoms with van der Waals surface area (Å²) in [7, 11) is 1.56. The van der Waals surface area contributed by atoms with Crippen LogP contribution in [0.5, 0.6) is 11.5 Å².